The van der Waals surface area contributed by atoms with Crippen molar-refractivity contribution >= 4 is 11.6 Å². The second kappa shape index (κ2) is 7.87. The number of para-hydroxylation sites is 1. The predicted octanol–water partition coefficient (Wildman–Crippen LogP) is 2.59. The van der Waals surface area contributed by atoms with Crippen LogP contribution < -0.4 is 5.73 Å². The van der Waals surface area contributed by atoms with Gasteiger partial charge in [0.1, 0.15) is 6.61 Å². The van der Waals surface area contributed by atoms with Gasteiger partial charge in [0.15, 0.2) is 0 Å². The van der Waals surface area contributed by atoms with Crippen LogP contribution in [0.3, 0.4) is 0 Å². The molecule has 0 aliphatic rings. The van der Waals surface area contributed by atoms with Crippen molar-refractivity contribution in [3.8, 4) is 0 Å². The van der Waals surface area contributed by atoms with E-state index in [1.807, 2.05) is 12.1 Å². The summed E-state index contributed by atoms with van der Waals surface area (Å²) in [6.07, 6.45) is -4.46. The lowest BCUT2D eigenvalue weighted by atomic mass is 10.1. The van der Waals surface area contributed by atoms with Crippen molar-refractivity contribution in [1.29, 1.82) is 0 Å². The number of carbonyl (C=O) groups is 1. The van der Waals surface area contributed by atoms with Gasteiger partial charge in [-0.15, -0.1) is 0 Å². The summed E-state index contributed by atoms with van der Waals surface area (Å²) in [5, 5.41) is 0. The smallest absolute Gasteiger partial charge is 0.398 e. The standard InChI is InChI=1S/C14H19F3N2O2/c1-2-19(9-11-5-3-4-6-12(11)18)13(20)7-8-21-10-14(15,16)17/h3-6H,2,7-10,18H2,1H3. The number of nitrogen functional groups attached to an aromatic ring is 1. The Balaban J connectivity index is 2.45. The number of carbonyl (C=O) groups excluding carboxylic acids is 1. The second-order valence-corrected chi connectivity index (χ2v) is 4.52. The van der Waals surface area contributed by atoms with Gasteiger partial charge in [0.05, 0.1) is 13.0 Å². The summed E-state index contributed by atoms with van der Waals surface area (Å²) in [5.74, 6) is -0.261. The van der Waals surface area contributed by atoms with Crippen LogP contribution in [-0.4, -0.2) is 36.7 Å². The number of nitrogens with two attached hydrogens (primary N) is 1. The minimum absolute atomic E-state index is 0.0866. The molecular formula is C14H19F3N2O2. The first kappa shape index (κ1) is 17.3. The van der Waals surface area contributed by atoms with E-state index < -0.39 is 12.8 Å². The van der Waals surface area contributed by atoms with E-state index in [2.05, 4.69) is 4.74 Å². The number of alkyl halides is 3. The van der Waals surface area contributed by atoms with Crippen LogP contribution in [0.5, 0.6) is 0 Å². The number of ether oxygens (including phenoxy) is 1. The molecule has 1 aromatic carbocycles. The first-order valence-electron chi connectivity index (χ1n) is 6.59. The van der Waals surface area contributed by atoms with Crippen molar-refractivity contribution in [3.05, 3.63) is 29.8 Å². The molecule has 0 spiro atoms. The molecule has 1 rings (SSSR count). The lowest BCUT2D eigenvalue weighted by Crippen LogP contribution is -2.31. The molecule has 0 aliphatic carbocycles. The number of halogens is 3. The Morgan fingerprint density at radius 2 is 2.00 bits per heavy atom. The van der Waals surface area contributed by atoms with Crippen LogP contribution in [0, 0.1) is 0 Å². The second-order valence-electron chi connectivity index (χ2n) is 4.52. The van der Waals surface area contributed by atoms with Gasteiger partial charge >= 0.3 is 6.18 Å². The fraction of sp³-hybridized carbons (Fsp3) is 0.500. The highest BCUT2D eigenvalue weighted by Crippen LogP contribution is 2.15. The number of hydrogen-bond acceptors (Lipinski definition) is 3. The van der Waals surface area contributed by atoms with Crippen LogP contribution in [0.1, 0.15) is 18.9 Å². The Morgan fingerprint density at radius 3 is 2.57 bits per heavy atom. The zero-order chi connectivity index (χ0) is 15.9. The minimum Gasteiger partial charge on any atom is -0.398 e. The number of anilines is 1. The van der Waals surface area contributed by atoms with Gasteiger partial charge in [0.25, 0.3) is 0 Å². The topological polar surface area (TPSA) is 55.6 Å². The van der Waals surface area contributed by atoms with Crippen LogP contribution in [0.4, 0.5) is 18.9 Å². The maximum absolute atomic E-state index is 11.9. The number of amides is 1. The molecule has 0 saturated carbocycles. The van der Waals surface area contributed by atoms with Crippen molar-refractivity contribution < 1.29 is 22.7 Å². The Morgan fingerprint density at radius 1 is 1.33 bits per heavy atom. The van der Waals surface area contributed by atoms with Gasteiger partial charge in [0, 0.05) is 18.8 Å². The Labute approximate surface area is 121 Å². The molecule has 0 aromatic heterocycles. The first-order chi connectivity index (χ1) is 9.83. The molecule has 118 valence electrons. The van der Waals surface area contributed by atoms with Crippen LogP contribution in [0.15, 0.2) is 24.3 Å². The third kappa shape index (κ3) is 6.48. The Kier molecular flexibility index (Phi) is 6.48. The van der Waals surface area contributed by atoms with Crippen molar-refractivity contribution in [3.63, 3.8) is 0 Å². The quantitative estimate of drug-likeness (QED) is 0.622. The van der Waals surface area contributed by atoms with Crippen LogP contribution in [0.25, 0.3) is 0 Å². The van der Waals surface area contributed by atoms with Gasteiger partial charge in [-0.2, -0.15) is 13.2 Å². The maximum Gasteiger partial charge on any atom is 0.411 e. The summed E-state index contributed by atoms with van der Waals surface area (Å²) >= 11 is 0. The number of benzene rings is 1. The third-order valence-corrected chi connectivity index (χ3v) is 2.88. The molecule has 1 aromatic rings. The zero-order valence-corrected chi connectivity index (χ0v) is 11.8. The molecule has 0 bridgehead atoms. The molecule has 4 nitrogen and oxygen atoms in total. The Hall–Kier alpha value is -1.76. The minimum atomic E-state index is -4.37. The normalized spacial score (nSPS) is 11.4. The van der Waals surface area contributed by atoms with Gasteiger partial charge in [0.2, 0.25) is 5.91 Å². The number of hydrogen-bond donors (Lipinski definition) is 1. The molecule has 7 heteroatoms. The zero-order valence-electron chi connectivity index (χ0n) is 11.8. The summed E-state index contributed by atoms with van der Waals surface area (Å²) < 4.78 is 40.1. The molecule has 0 saturated heterocycles. The van der Waals surface area contributed by atoms with Crippen LogP contribution in [0.2, 0.25) is 0 Å². The molecule has 0 heterocycles. The highest BCUT2D eigenvalue weighted by molar-refractivity contribution is 5.76. The van der Waals surface area contributed by atoms with E-state index in [1.54, 1.807) is 19.1 Å². The van der Waals surface area contributed by atoms with Gasteiger partial charge in [-0.25, -0.2) is 0 Å². The van der Waals surface area contributed by atoms with Crippen molar-refractivity contribution in [2.75, 3.05) is 25.5 Å². The van der Waals surface area contributed by atoms with E-state index in [0.29, 0.717) is 18.8 Å². The molecule has 0 fully saturated rings. The highest BCUT2D eigenvalue weighted by atomic mass is 19.4. The molecule has 1 amide bonds. The monoisotopic (exact) mass is 304 g/mol. The lowest BCUT2D eigenvalue weighted by Gasteiger charge is -2.22. The van der Waals surface area contributed by atoms with Gasteiger partial charge in [-0.1, -0.05) is 18.2 Å². The van der Waals surface area contributed by atoms with E-state index in [1.165, 1.54) is 4.90 Å². The average molecular weight is 304 g/mol. The van der Waals surface area contributed by atoms with Crippen molar-refractivity contribution in [2.24, 2.45) is 0 Å². The number of rotatable bonds is 7. The molecule has 0 radical (unpaired) electrons. The molecule has 21 heavy (non-hydrogen) atoms. The van der Waals surface area contributed by atoms with Crippen molar-refractivity contribution in [2.45, 2.75) is 26.1 Å². The molecular weight excluding hydrogens is 285 g/mol. The fourth-order valence-electron chi connectivity index (χ4n) is 1.77. The highest BCUT2D eigenvalue weighted by Gasteiger charge is 2.27. The molecule has 2 N–H and O–H groups in total. The van der Waals surface area contributed by atoms with E-state index >= 15 is 0 Å². The van der Waals surface area contributed by atoms with E-state index in [9.17, 15) is 18.0 Å². The van der Waals surface area contributed by atoms with E-state index in [0.717, 1.165) is 5.56 Å². The van der Waals surface area contributed by atoms with Crippen LogP contribution >= 0.6 is 0 Å². The predicted molar refractivity (Wildman–Crippen MR) is 73.4 cm³/mol. The molecule has 0 aliphatic heterocycles. The van der Waals surface area contributed by atoms with E-state index in [-0.39, 0.29) is 18.9 Å². The van der Waals surface area contributed by atoms with E-state index in [4.69, 9.17) is 5.73 Å². The summed E-state index contributed by atoms with van der Waals surface area (Å²) in [6.45, 7) is 0.998. The average Bonchev–Trinajstić information content (AvgIpc) is 2.41. The molecule has 0 atom stereocenters. The summed E-state index contributed by atoms with van der Waals surface area (Å²) in [7, 11) is 0. The third-order valence-electron chi connectivity index (χ3n) is 2.88. The summed E-state index contributed by atoms with van der Waals surface area (Å²) in [6, 6.07) is 7.16. The Bertz CT molecular complexity index is 464. The SMILES string of the molecule is CCN(Cc1ccccc1N)C(=O)CCOCC(F)(F)F. The maximum atomic E-state index is 11.9. The van der Waals surface area contributed by atoms with Crippen LogP contribution in [-0.2, 0) is 16.1 Å². The molecule has 0 unspecified atom stereocenters. The van der Waals surface area contributed by atoms with Crippen molar-refractivity contribution in [1.82, 2.24) is 4.90 Å². The van der Waals surface area contributed by atoms with Gasteiger partial charge in [-0.05, 0) is 18.6 Å². The van der Waals surface area contributed by atoms with Gasteiger partial charge in [-0.3, -0.25) is 4.79 Å². The lowest BCUT2D eigenvalue weighted by molar-refractivity contribution is -0.175. The number of nitrogens with zero attached hydrogens (tertiary/aromatic N) is 1. The fourth-order valence-corrected chi connectivity index (χ4v) is 1.77. The largest absolute Gasteiger partial charge is 0.411 e. The van der Waals surface area contributed by atoms with Gasteiger partial charge < -0.3 is 15.4 Å². The summed E-state index contributed by atoms with van der Waals surface area (Å²) in [4.78, 5) is 13.5. The summed E-state index contributed by atoms with van der Waals surface area (Å²) in [5.41, 5.74) is 7.20. The first-order valence-corrected chi connectivity index (χ1v) is 6.59.